The van der Waals surface area contributed by atoms with Gasteiger partial charge in [0.25, 0.3) is 0 Å². The molecule has 0 spiro atoms. The molecule has 0 saturated heterocycles. The Bertz CT molecular complexity index is 955. The van der Waals surface area contributed by atoms with Gasteiger partial charge in [-0.2, -0.15) is 0 Å². The lowest BCUT2D eigenvalue weighted by Gasteiger charge is -2.20. The Kier molecular flexibility index (Phi) is 53.0. The van der Waals surface area contributed by atoms with Crippen LogP contribution in [0.1, 0.15) is 309 Å². The number of unbranched alkanes of at least 4 members (excludes halogenated alkanes) is 43. The number of phosphoric ester groups is 1. The number of carbonyl (C=O) groups is 1. The van der Waals surface area contributed by atoms with Gasteiger partial charge in [0.05, 0.1) is 19.8 Å². The smallest absolute Gasteiger partial charge is 0.457 e. The van der Waals surface area contributed by atoms with E-state index in [0.29, 0.717) is 13.0 Å². The van der Waals surface area contributed by atoms with E-state index in [1.54, 1.807) is 0 Å². The summed E-state index contributed by atoms with van der Waals surface area (Å²) in [5.41, 5.74) is 5.40. The van der Waals surface area contributed by atoms with Gasteiger partial charge in [-0.05, 0) is 12.8 Å². The molecule has 0 amide bonds. The van der Waals surface area contributed by atoms with E-state index in [0.717, 1.165) is 32.1 Å². The average Bonchev–Trinajstić information content (AvgIpc) is 3.29. The summed E-state index contributed by atoms with van der Waals surface area (Å²) in [4.78, 5) is 22.6. The van der Waals surface area contributed by atoms with Gasteiger partial charge in [-0.3, -0.25) is 13.8 Å². The SMILES string of the molecule is CCCCCCCCCCCCCCCCCCCCCCCCCCCCCC(=O)O[C@H](COCCCCCCCCCCCCCCCCCCCC)COP(=O)(O)OCCN. The molecule has 0 aliphatic heterocycles. The van der Waals surface area contributed by atoms with Crippen LogP contribution in [-0.4, -0.2) is 49.9 Å². The Hall–Kier alpha value is -0.500. The first-order valence-corrected chi connectivity index (χ1v) is 30.0. The minimum Gasteiger partial charge on any atom is -0.457 e. The van der Waals surface area contributed by atoms with Crippen LogP contribution >= 0.6 is 7.82 Å². The molecule has 2 atom stereocenters. The lowest BCUT2D eigenvalue weighted by atomic mass is 10.0. The van der Waals surface area contributed by atoms with Crippen molar-refractivity contribution in [3.05, 3.63) is 0 Å². The topological polar surface area (TPSA) is 117 Å². The molecule has 0 aromatic carbocycles. The van der Waals surface area contributed by atoms with Crippen LogP contribution in [0.5, 0.6) is 0 Å². The summed E-state index contributed by atoms with van der Waals surface area (Å²) in [6.07, 6.45) is 60.2. The van der Waals surface area contributed by atoms with Gasteiger partial charge >= 0.3 is 13.8 Å². The minimum absolute atomic E-state index is 0.0896. The van der Waals surface area contributed by atoms with Crippen LogP contribution in [0.4, 0.5) is 0 Å². The zero-order valence-electron chi connectivity index (χ0n) is 43.1. The molecule has 1 unspecified atom stereocenters. The zero-order chi connectivity index (χ0) is 46.5. The van der Waals surface area contributed by atoms with Gasteiger partial charge in [-0.15, -0.1) is 0 Å². The van der Waals surface area contributed by atoms with E-state index >= 15 is 0 Å². The first kappa shape index (κ1) is 63.5. The van der Waals surface area contributed by atoms with Gasteiger partial charge in [0, 0.05) is 19.6 Å². The highest BCUT2D eigenvalue weighted by atomic mass is 31.2. The number of ether oxygens (including phenoxy) is 2. The second-order valence-corrected chi connectivity index (χ2v) is 21.0. The predicted octanol–water partition coefficient (Wildman–Crippen LogP) is 18.0. The third-order valence-corrected chi connectivity index (χ3v) is 14.0. The van der Waals surface area contributed by atoms with E-state index in [9.17, 15) is 14.3 Å². The summed E-state index contributed by atoms with van der Waals surface area (Å²) in [5, 5.41) is 0. The first-order chi connectivity index (χ1) is 31.4. The van der Waals surface area contributed by atoms with Crippen LogP contribution in [0, 0.1) is 0 Å². The normalized spacial score (nSPS) is 13.1. The molecular formula is C55H112NO7P. The lowest BCUT2D eigenvalue weighted by molar-refractivity contribution is -0.154. The lowest BCUT2D eigenvalue weighted by Crippen LogP contribution is -2.28. The van der Waals surface area contributed by atoms with Crippen LogP contribution in [0.25, 0.3) is 0 Å². The highest BCUT2D eigenvalue weighted by molar-refractivity contribution is 7.47. The van der Waals surface area contributed by atoms with E-state index in [2.05, 4.69) is 13.8 Å². The fraction of sp³-hybridized carbons (Fsp3) is 0.982. The summed E-state index contributed by atoms with van der Waals surface area (Å²) in [7, 11) is -4.28. The highest BCUT2D eigenvalue weighted by Crippen LogP contribution is 2.43. The van der Waals surface area contributed by atoms with Crippen molar-refractivity contribution in [2.45, 2.75) is 315 Å². The van der Waals surface area contributed by atoms with Crippen LogP contribution in [0.15, 0.2) is 0 Å². The van der Waals surface area contributed by atoms with Crippen molar-refractivity contribution in [3.8, 4) is 0 Å². The maximum absolute atomic E-state index is 12.7. The Morgan fingerprint density at radius 2 is 0.688 bits per heavy atom. The maximum atomic E-state index is 12.7. The van der Waals surface area contributed by atoms with E-state index in [1.165, 1.54) is 257 Å². The summed E-state index contributed by atoms with van der Waals surface area (Å²) >= 11 is 0. The Morgan fingerprint density at radius 1 is 0.406 bits per heavy atom. The maximum Gasteiger partial charge on any atom is 0.472 e. The van der Waals surface area contributed by atoms with E-state index < -0.39 is 13.9 Å². The molecule has 0 fully saturated rings. The minimum atomic E-state index is -4.28. The van der Waals surface area contributed by atoms with Crippen LogP contribution in [-0.2, 0) is 27.9 Å². The van der Waals surface area contributed by atoms with Crippen molar-refractivity contribution >= 4 is 13.8 Å². The number of esters is 1. The number of nitrogens with two attached hydrogens (primary N) is 1. The zero-order valence-corrected chi connectivity index (χ0v) is 44.0. The number of hydrogen-bond donors (Lipinski definition) is 2. The van der Waals surface area contributed by atoms with Gasteiger partial charge in [-0.1, -0.05) is 290 Å². The molecule has 9 heteroatoms. The van der Waals surface area contributed by atoms with Crippen molar-refractivity contribution in [3.63, 3.8) is 0 Å². The molecule has 64 heavy (non-hydrogen) atoms. The van der Waals surface area contributed by atoms with Crippen molar-refractivity contribution in [1.82, 2.24) is 0 Å². The van der Waals surface area contributed by atoms with Gasteiger partial charge < -0.3 is 20.1 Å². The molecule has 0 aromatic heterocycles. The molecule has 0 radical (unpaired) electrons. The molecule has 0 aliphatic carbocycles. The van der Waals surface area contributed by atoms with Crippen molar-refractivity contribution in [2.75, 3.05) is 33.0 Å². The Labute approximate surface area is 399 Å². The molecule has 0 bridgehead atoms. The average molecular weight is 930 g/mol. The van der Waals surface area contributed by atoms with Gasteiger partial charge in [0.1, 0.15) is 6.10 Å². The van der Waals surface area contributed by atoms with Crippen molar-refractivity contribution in [1.29, 1.82) is 0 Å². The summed E-state index contributed by atoms with van der Waals surface area (Å²) in [6.45, 7) is 5.02. The molecule has 384 valence electrons. The van der Waals surface area contributed by atoms with Crippen molar-refractivity contribution < 1.29 is 32.8 Å². The fourth-order valence-corrected chi connectivity index (χ4v) is 9.59. The Morgan fingerprint density at radius 3 is 0.984 bits per heavy atom. The second-order valence-electron chi connectivity index (χ2n) is 19.5. The molecule has 0 saturated carbocycles. The fourth-order valence-electron chi connectivity index (χ4n) is 8.83. The largest absolute Gasteiger partial charge is 0.472 e. The first-order valence-electron chi connectivity index (χ1n) is 28.5. The number of hydrogen-bond acceptors (Lipinski definition) is 7. The molecule has 0 aromatic rings. The van der Waals surface area contributed by atoms with Gasteiger partial charge in [-0.25, -0.2) is 4.57 Å². The number of phosphoric acid groups is 1. The van der Waals surface area contributed by atoms with Crippen molar-refractivity contribution in [2.24, 2.45) is 5.73 Å². The van der Waals surface area contributed by atoms with Crippen LogP contribution in [0.3, 0.4) is 0 Å². The standard InChI is InChI=1S/C55H112NO7P/c1-3-5-7-9-11-13-15-17-19-21-23-24-25-26-27-28-29-30-31-32-34-36-38-40-42-44-46-48-55(57)63-54(53-62-64(58,59)61-51-49-56)52-60-50-47-45-43-41-39-37-35-33-22-20-18-16-14-12-10-8-6-4-2/h54H,3-53,56H2,1-2H3,(H,58,59)/t54-/m1/s1. The van der Waals surface area contributed by atoms with E-state index in [4.69, 9.17) is 24.3 Å². The summed E-state index contributed by atoms with van der Waals surface area (Å²) in [6, 6.07) is 0. The van der Waals surface area contributed by atoms with E-state index in [-0.39, 0.29) is 32.3 Å². The molecule has 0 aliphatic rings. The van der Waals surface area contributed by atoms with E-state index in [1.807, 2.05) is 0 Å². The molecule has 8 nitrogen and oxygen atoms in total. The van der Waals surface area contributed by atoms with Crippen LogP contribution < -0.4 is 5.73 Å². The predicted molar refractivity (Wildman–Crippen MR) is 275 cm³/mol. The Balaban J connectivity index is 3.79. The molecule has 0 heterocycles. The summed E-state index contributed by atoms with van der Waals surface area (Å²) in [5.74, 6) is -0.319. The monoisotopic (exact) mass is 930 g/mol. The third kappa shape index (κ3) is 52.5. The number of carbonyl (C=O) groups excluding carboxylic acids is 1. The molecular weight excluding hydrogens is 818 g/mol. The van der Waals surface area contributed by atoms with Gasteiger partial charge in [0.2, 0.25) is 0 Å². The van der Waals surface area contributed by atoms with Gasteiger partial charge in [0.15, 0.2) is 0 Å². The third-order valence-electron chi connectivity index (χ3n) is 13.0. The second kappa shape index (κ2) is 53.5. The molecule has 3 N–H and O–H groups in total. The van der Waals surface area contributed by atoms with Crippen LogP contribution in [0.2, 0.25) is 0 Å². The summed E-state index contributed by atoms with van der Waals surface area (Å²) < 4.78 is 33.7. The number of rotatable bonds is 56. The highest BCUT2D eigenvalue weighted by Gasteiger charge is 2.25. The molecule has 0 rings (SSSR count). The quantitative estimate of drug-likeness (QED) is 0.0352.